The summed E-state index contributed by atoms with van der Waals surface area (Å²) in [6.07, 6.45) is 0. The zero-order chi connectivity index (χ0) is 14.1. The van der Waals surface area contributed by atoms with E-state index in [1.807, 2.05) is 24.3 Å². The van der Waals surface area contributed by atoms with Gasteiger partial charge < -0.3 is 14.0 Å². The lowest BCUT2D eigenvalue weighted by molar-refractivity contribution is 0.171. The molecule has 3 rings (SSSR count). The van der Waals surface area contributed by atoms with E-state index >= 15 is 0 Å². The zero-order valence-electron chi connectivity index (χ0n) is 10.9. The van der Waals surface area contributed by atoms with Gasteiger partial charge in [0, 0.05) is 12.6 Å². The maximum absolute atomic E-state index is 12.0. The van der Waals surface area contributed by atoms with Crippen LogP contribution in [0.5, 0.6) is 11.5 Å². The molecule has 0 bridgehead atoms. The van der Waals surface area contributed by atoms with Gasteiger partial charge in [-0.25, -0.2) is 0 Å². The van der Waals surface area contributed by atoms with E-state index < -0.39 is 0 Å². The van der Waals surface area contributed by atoms with Crippen LogP contribution < -0.4 is 15.0 Å². The normalized spacial score (nSPS) is 12.8. The van der Waals surface area contributed by atoms with E-state index in [-0.39, 0.29) is 11.1 Å². The Bertz CT molecular complexity index is 772. The lowest BCUT2D eigenvalue weighted by Gasteiger charge is -2.19. The van der Waals surface area contributed by atoms with E-state index in [4.69, 9.17) is 14.7 Å². The first-order valence-corrected chi connectivity index (χ1v) is 6.21. The number of pyridine rings is 1. The monoisotopic (exact) mass is 268 g/mol. The fourth-order valence-electron chi connectivity index (χ4n) is 2.21. The number of fused-ring (bicyclic) bond motifs is 1. The molecule has 0 unspecified atom stereocenters. The standard InChI is InChI=1S/C15H12N2O3/c1-17-12(4-2-11(9-16)15(17)18)10-3-5-13-14(8-10)20-7-6-19-13/h2-5,8H,6-7H2,1H3. The van der Waals surface area contributed by atoms with E-state index in [0.717, 1.165) is 11.3 Å². The third-order valence-electron chi connectivity index (χ3n) is 3.26. The Morgan fingerprint density at radius 2 is 1.90 bits per heavy atom. The van der Waals surface area contributed by atoms with Crippen LogP contribution in [0.25, 0.3) is 11.3 Å². The van der Waals surface area contributed by atoms with Crippen LogP contribution >= 0.6 is 0 Å². The number of hydrogen-bond donors (Lipinski definition) is 0. The minimum atomic E-state index is -0.306. The first kappa shape index (κ1) is 12.3. The molecule has 0 saturated carbocycles. The van der Waals surface area contributed by atoms with Gasteiger partial charge in [0.15, 0.2) is 11.5 Å². The lowest BCUT2D eigenvalue weighted by Crippen LogP contribution is -2.21. The van der Waals surface area contributed by atoms with Gasteiger partial charge in [0.05, 0.1) is 5.69 Å². The molecule has 1 aromatic heterocycles. The third-order valence-corrected chi connectivity index (χ3v) is 3.26. The van der Waals surface area contributed by atoms with Crippen molar-refractivity contribution in [2.75, 3.05) is 13.2 Å². The second-order valence-corrected chi connectivity index (χ2v) is 4.47. The number of benzene rings is 1. The predicted molar refractivity (Wildman–Crippen MR) is 72.8 cm³/mol. The van der Waals surface area contributed by atoms with Gasteiger partial charge in [-0.1, -0.05) is 0 Å². The second-order valence-electron chi connectivity index (χ2n) is 4.47. The van der Waals surface area contributed by atoms with Crippen LogP contribution in [0.3, 0.4) is 0 Å². The molecule has 1 aromatic carbocycles. The minimum Gasteiger partial charge on any atom is -0.486 e. The first-order valence-electron chi connectivity index (χ1n) is 6.21. The summed E-state index contributed by atoms with van der Waals surface area (Å²) in [7, 11) is 1.65. The van der Waals surface area contributed by atoms with Crippen molar-refractivity contribution in [3.63, 3.8) is 0 Å². The Morgan fingerprint density at radius 1 is 1.15 bits per heavy atom. The van der Waals surface area contributed by atoms with Crippen LogP contribution in [0.15, 0.2) is 35.1 Å². The van der Waals surface area contributed by atoms with Crippen molar-refractivity contribution in [3.05, 3.63) is 46.2 Å². The highest BCUT2D eigenvalue weighted by molar-refractivity contribution is 5.65. The predicted octanol–water partition coefficient (Wildman–Crippen LogP) is 1.70. The molecule has 0 fully saturated rings. The number of nitrogens with zero attached hydrogens (tertiary/aromatic N) is 2. The van der Waals surface area contributed by atoms with Crippen molar-refractivity contribution in [3.8, 4) is 28.8 Å². The maximum Gasteiger partial charge on any atom is 0.268 e. The molecular weight excluding hydrogens is 256 g/mol. The molecule has 2 aromatic rings. The summed E-state index contributed by atoms with van der Waals surface area (Å²) in [6, 6.07) is 10.7. The molecule has 0 aliphatic carbocycles. The molecule has 20 heavy (non-hydrogen) atoms. The molecule has 0 saturated heterocycles. The Kier molecular flexibility index (Phi) is 2.92. The summed E-state index contributed by atoms with van der Waals surface area (Å²) >= 11 is 0. The van der Waals surface area contributed by atoms with E-state index in [1.54, 1.807) is 13.1 Å². The molecule has 0 atom stereocenters. The molecule has 0 radical (unpaired) electrons. The largest absolute Gasteiger partial charge is 0.486 e. The van der Waals surface area contributed by atoms with Gasteiger partial charge in [-0.3, -0.25) is 4.79 Å². The number of hydrogen-bond acceptors (Lipinski definition) is 4. The van der Waals surface area contributed by atoms with Crippen LogP contribution in [-0.2, 0) is 7.05 Å². The van der Waals surface area contributed by atoms with Crippen LogP contribution in [-0.4, -0.2) is 17.8 Å². The van der Waals surface area contributed by atoms with Gasteiger partial charge in [0.1, 0.15) is 24.8 Å². The van der Waals surface area contributed by atoms with E-state index in [2.05, 4.69) is 0 Å². The van der Waals surface area contributed by atoms with Crippen LogP contribution in [0.4, 0.5) is 0 Å². The highest BCUT2D eigenvalue weighted by Gasteiger charge is 2.14. The van der Waals surface area contributed by atoms with E-state index in [0.29, 0.717) is 24.7 Å². The number of ether oxygens (including phenoxy) is 2. The second kappa shape index (κ2) is 4.74. The molecule has 0 spiro atoms. The summed E-state index contributed by atoms with van der Waals surface area (Å²) in [5, 5.41) is 8.86. The van der Waals surface area contributed by atoms with Gasteiger partial charge in [0.2, 0.25) is 0 Å². The van der Waals surface area contributed by atoms with Crippen molar-refractivity contribution in [1.29, 1.82) is 5.26 Å². The van der Waals surface area contributed by atoms with Crippen LogP contribution in [0.1, 0.15) is 5.56 Å². The molecular formula is C15H12N2O3. The molecule has 5 nitrogen and oxygen atoms in total. The highest BCUT2D eigenvalue weighted by Crippen LogP contribution is 2.34. The van der Waals surface area contributed by atoms with Gasteiger partial charge in [-0.2, -0.15) is 5.26 Å². The van der Waals surface area contributed by atoms with E-state index in [1.165, 1.54) is 10.6 Å². The third kappa shape index (κ3) is 1.91. The van der Waals surface area contributed by atoms with Crippen LogP contribution in [0, 0.1) is 11.3 Å². The van der Waals surface area contributed by atoms with Gasteiger partial charge in [-0.05, 0) is 30.3 Å². The Hall–Kier alpha value is -2.74. The number of rotatable bonds is 1. The molecule has 0 amide bonds. The van der Waals surface area contributed by atoms with Crippen molar-refractivity contribution < 1.29 is 9.47 Å². The minimum absolute atomic E-state index is 0.133. The summed E-state index contributed by atoms with van der Waals surface area (Å²) < 4.78 is 12.5. The van der Waals surface area contributed by atoms with E-state index in [9.17, 15) is 4.79 Å². The van der Waals surface area contributed by atoms with Gasteiger partial charge >= 0.3 is 0 Å². The summed E-state index contributed by atoms with van der Waals surface area (Å²) in [4.78, 5) is 12.0. The average Bonchev–Trinajstić information content (AvgIpc) is 2.49. The quantitative estimate of drug-likeness (QED) is 0.789. The average molecular weight is 268 g/mol. The van der Waals surface area contributed by atoms with Crippen molar-refractivity contribution in [2.24, 2.45) is 7.05 Å². The molecule has 100 valence electrons. The lowest BCUT2D eigenvalue weighted by atomic mass is 10.1. The number of aromatic nitrogens is 1. The zero-order valence-corrected chi connectivity index (χ0v) is 10.9. The van der Waals surface area contributed by atoms with Gasteiger partial charge in [0.25, 0.3) is 5.56 Å². The topological polar surface area (TPSA) is 64.2 Å². The van der Waals surface area contributed by atoms with Crippen molar-refractivity contribution in [1.82, 2.24) is 4.57 Å². The fraction of sp³-hybridized carbons (Fsp3) is 0.200. The Morgan fingerprint density at radius 3 is 2.65 bits per heavy atom. The molecule has 2 heterocycles. The SMILES string of the molecule is Cn1c(-c2ccc3c(c2)OCCO3)ccc(C#N)c1=O. The number of nitriles is 1. The van der Waals surface area contributed by atoms with Gasteiger partial charge in [-0.15, -0.1) is 0 Å². The smallest absolute Gasteiger partial charge is 0.268 e. The van der Waals surface area contributed by atoms with Crippen molar-refractivity contribution in [2.45, 2.75) is 0 Å². The molecule has 5 heteroatoms. The Balaban J connectivity index is 2.12. The highest BCUT2D eigenvalue weighted by atomic mass is 16.6. The summed E-state index contributed by atoms with van der Waals surface area (Å²) in [5.41, 5.74) is 1.40. The summed E-state index contributed by atoms with van der Waals surface area (Å²) in [6.45, 7) is 1.06. The first-order chi connectivity index (χ1) is 9.70. The fourth-order valence-corrected chi connectivity index (χ4v) is 2.21. The molecule has 0 N–H and O–H groups in total. The van der Waals surface area contributed by atoms with Crippen molar-refractivity contribution >= 4 is 0 Å². The van der Waals surface area contributed by atoms with Crippen LogP contribution in [0.2, 0.25) is 0 Å². The maximum atomic E-state index is 12.0. The Labute approximate surface area is 115 Å². The summed E-state index contributed by atoms with van der Waals surface area (Å²) in [5.74, 6) is 1.38. The molecule has 1 aliphatic heterocycles. The molecule has 1 aliphatic rings.